The monoisotopic (exact) mass is 424 g/mol. The second kappa shape index (κ2) is 9.42. The largest absolute Gasteiger partial charge is 0.352 e. The first-order valence-corrected chi connectivity index (χ1v) is 9.15. The first-order chi connectivity index (χ1) is 14.4. The van der Waals surface area contributed by atoms with E-state index in [0.29, 0.717) is 25.5 Å². The van der Waals surface area contributed by atoms with Gasteiger partial charge < -0.3 is 20.9 Å². The molecule has 1 unspecified atom stereocenters. The van der Waals surface area contributed by atoms with Crippen molar-refractivity contribution in [3.05, 3.63) is 53.7 Å². The number of guanidine groups is 1. The molecule has 1 aliphatic heterocycles. The molecule has 3 N–H and O–H groups in total. The predicted molar refractivity (Wildman–Crippen MR) is 104 cm³/mol. The number of aromatic nitrogens is 1. The van der Waals surface area contributed by atoms with Gasteiger partial charge in [-0.2, -0.15) is 0 Å². The Morgan fingerprint density at radius 3 is 2.73 bits per heavy atom. The SMILES string of the molecule is CN=C(NCC(=O)Nc1ccc(F)c(F)c1F)NC1CCN(c2ncccc2F)C1. The Bertz CT molecular complexity index is 955. The molecule has 7 nitrogen and oxygen atoms in total. The molecule has 0 radical (unpaired) electrons. The van der Waals surface area contributed by atoms with Crippen LogP contribution in [0.2, 0.25) is 0 Å². The van der Waals surface area contributed by atoms with E-state index < -0.39 is 34.9 Å². The van der Waals surface area contributed by atoms with Gasteiger partial charge in [-0.25, -0.2) is 22.5 Å². The molecule has 0 bridgehead atoms. The molecule has 1 fully saturated rings. The zero-order valence-electron chi connectivity index (χ0n) is 16.1. The Labute approximate surface area is 170 Å². The fraction of sp³-hybridized carbons (Fsp3) is 0.316. The van der Waals surface area contributed by atoms with Crippen LogP contribution < -0.4 is 20.9 Å². The molecule has 1 aromatic carbocycles. The van der Waals surface area contributed by atoms with Crippen LogP contribution in [0.15, 0.2) is 35.5 Å². The average Bonchev–Trinajstić information content (AvgIpc) is 3.20. The van der Waals surface area contributed by atoms with E-state index in [2.05, 4.69) is 25.9 Å². The number of nitrogens with one attached hydrogen (secondary N) is 3. The Hall–Kier alpha value is -3.37. The molecule has 0 spiro atoms. The van der Waals surface area contributed by atoms with Gasteiger partial charge in [-0.05, 0) is 30.7 Å². The van der Waals surface area contributed by atoms with Gasteiger partial charge in [-0.3, -0.25) is 9.79 Å². The third kappa shape index (κ3) is 4.97. The highest BCUT2D eigenvalue weighted by molar-refractivity contribution is 5.95. The number of aliphatic imine (C=N–C) groups is 1. The number of hydrogen-bond acceptors (Lipinski definition) is 4. The lowest BCUT2D eigenvalue weighted by molar-refractivity contribution is -0.115. The molecule has 1 aliphatic rings. The van der Waals surface area contributed by atoms with Crippen molar-refractivity contribution in [2.45, 2.75) is 12.5 Å². The number of rotatable bonds is 5. The molecule has 3 rings (SSSR count). The number of hydrogen-bond donors (Lipinski definition) is 3. The van der Waals surface area contributed by atoms with E-state index in [1.165, 1.54) is 25.4 Å². The van der Waals surface area contributed by atoms with Crippen LogP contribution in [0.3, 0.4) is 0 Å². The summed E-state index contributed by atoms with van der Waals surface area (Å²) in [5.41, 5.74) is -0.465. The van der Waals surface area contributed by atoms with Gasteiger partial charge in [-0.15, -0.1) is 0 Å². The van der Waals surface area contributed by atoms with Crippen LogP contribution in [0.5, 0.6) is 0 Å². The number of halogens is 4. The van der Waals surface area contributed by atoms with Crippen LogP contribution in [0.25, 0.3) is 0 Å². The number of nitrogens with zero attached hydrogens (tertiary/aromatic N) is 3. The van der Waals surface area contributed by atoms with Crippen LogP contribution >= 0.6 is 0 Å². The van der Waals surface area contributed by atoms with Crippen molar-refractivity contribution >= 4 is 23.4 Å². The molecule has 2 heterocycles. The van der Waals surface area contributed by atoms with Gasteiger partial charge >= 0.3 is 0 Å². The fourth-order valence-corrected chi connectivity index (χ4v) is 3.05. The Kier molecular flexibility index (Phi) is 6.70. The van der Waals surface area contributed by atoms with Crippen LogP contribution in [0.4, 0.5) is 29.1 Å². The second-order valence-electron chi connectivity index (χ2n) is 6.58. The van der Waals surface area contributed by atoms with Crippen molar-refractivity contribution < 1.29 is 22.4 Å². The maximum atomic E-state index is 13.9. The summed E-state index contributed by atoms with van der Waals surface area (Å²) in [6.45, 7) is 0.794. The zero-order chi connectivity index (χ0) is 21.7. The van der Waals surface area contributed by atoms with E-state index in [1.54, 1.807) is 4.90 Å². The number of carbonyl (C=O) groups excluding carboxylic acids is 1. The molecule has 1 amide bonds. The lowest BCUT2D eigenvalue weighted by atomic mass is 10.2. The van der Waals surface area contributed by atoms with E-state index in [0.717, 1.165) is 12.1 Å². The summed E-state index contributed by atoms with van der Waals surface area (Å²) < 4.78 is 53.7. The third-order valence-electron chi connectivity index (χ3n) is 4.52. The van der Waals surface area contributed by atoms with Crippen LogP contribution in [0.1, 0.15) is 6.42 Å². The Morgan fingerprint density at radius 1 is 1.20 bits per heavy atom. The van der Waals surface area contributed by atoms with Gasteiger partial charge in [0.15, 0.2) is 35.0 Å². The van der Waals surface area contributed by atoms with Gasteiger partial charge in [0.1, 0.15) is 0 Å². The molecule has 1 saturated heterocycles. The topological polar surface area (TPSA) is 81.6 Å². The molecular weight excluding hydrogens is 404 g/mol. The van der Waals surface area contributed by atoms with Crippen LogP contribution in [-0.4, -0.2) is 49.6 Å². The minimum absolute atomic E-state index is 0.0655. The zero-order valence-corrected chi connectivity index (χ0v) is 16.1. The molecule has 160 valence electrons. The van der Waals surface area contributed by atoms with Crippen molar-refractivity contribution in [1.29, 1.82) is 0 Å². The molecule has 11 heteroatoms. The Balaban J connectivity index is 1.50. The lowest BCUT2D eigenvalue weighted by Gasteiger charge is -2.19. The van der Waals surface area contributed by atoms with Gasteiger partial charge in [0.05, 0.1) is 12.2 Å². The highest BCUT2D eigenvalue weighted by atomic mass is 19.2. The second-order valence-corrected chi connectivity index (χ2v) is 6.58. The van der Waals surface area contributed by atoms with Crippen molar-refractivity contribution in [2.75, 3.05) is 36.9 Å². The standard InChI is InChI=1S/C19H20F4N6O/c1-24-19(26-9-15(30)28-14-5-4-12(20)16(22)17(14)23)27-11-6-8-29(10-11)18-13(21)3-2-7-25-18/h2-5,7,11H,6,8-10H2,1H3,(H,28,30)(H2,24,26,27). The summed E-state index contributed by atoms with van der Waals surface area (Å²) in [6, 6.07) is 4.45. The van der Waals surface area contributed by atoms with Crippen molar-refractivity contribution in [2.24, 2.45) is 4.99 Å². The van der Waals surface area contributed by atoms with E-state index in [-0.39, 0.29) is 18.4 Å². The maximum Gasteiger partial charge on any atom is 0.243 e. The number of carbonyl (C=O) groups is 1. The summed E-state index contributed by atoms with van der Waals surface area (Å²) in [7, 11) is 1.51. The molecule has 1 aromatic heterocycles. The van der Waals surface area contributed by atoms with E-state index in [1.807, 2.05) is 0 Å². The Morgan fingerprint density at radius 2 is 2.00 bits per heavy atom. The molecule has 0 aliphatic carbocycles. The van der Waals surface area contributed by atoms with Gasteiger partial charge in [-0.1, -0.05) is 0 Å². The summed E-state index contributed by atoms with van der Waals surface area (Å²) in [6.07, 6.45) is 2.22. The van der Waals surface area contributed by atoms with Crippen molar-refractivity contribution in [3.63, 3.8) is 0 Å². The lowest BCUT2D eigenvalue weighted by Crippen LogP contribution is -2.46. The van der Waals surface area contributed by atoms with E-state index in [4.69, 9.17) is 0 Å². The van der Waals surface area contributed by atoms with Crippen molar-refractivity contribution in [1.82, 2.24) is 15.6 Å². The van der Waals surface area contributed by atoms with Crippen LogP contribution in [-0.2, 0) is 4.79 Å². The highest BCUT2D eigenvalue weighted by Gasteiger charge is 2.26. The summed E-state index contributed by atoms with van der Waals surface area (Å²) in [5.74, 6) is -4.97. The summed E-state index contributed by atoms with van der Waals surface area (Å²) in [4.78, 5) is 21.9. The predicted octanol–water partition coefficient (Wildman–Crippen LogP) is 2.02. The molecule has 30 heavy (non-hydrogen) atoms. The minimum Gasteiger partial charge on any atom is -0.352 e. The highest BCUT2D eigenvalue weighted by Crippen LogP contribution is 2.21. The molecular formula is C19H20F4N6O. The number of amides is 1. The number of pyridine rings is 1. The number of benzene rings is 1. The fourth-order valence-electron chi connectivity index (χ4n) is 3.05. The number of anilines is 2. The third-order valence-corrected chi connectivity index (χ3v) is 4.52. The maximum absolute atomic E-state index is 13.9. The molecule has 0 saturated carbocycles. The summed E-state index contributed by atoms with van der Waals surface area (Å²) >= 11 is 0. The van der Waals surface area contributed by atoms with Gasteiger partial charge in [0.25, 0.3) is 0 Å². The van der Waals surface area contributed by atoms with Crippen molar-refractivity contribution in [3.8, 4) is 0 Å². The van der Waals surface area contributed by atoms with E-state index in [9.17, 15) is 22.4 Å². The molecule has 2 aromatic rings. The first-order valence-electron chi connectivity index (χ1n) is 9.15. The first kappa shape index (κ1) is 21.3. The normalized spacial score (nSPS) is 16.5. The van der Waals surface area contributed by atoms with E-state index >= 15 is 0 Å². The molecule has 1 atom stereocenters. The quantitative estimate of drug-likeness (QED) is 0.296. The van der Waals surface area contributed by atoms with Crippen LogP contribution in [0, 0.1) is 23.3 Å². The average molecular weight is 424 g/mol. The van der Waals surface area contributed by atoms with Gasteiger partial charge in [0, 0.05) is 32.4 Å². The smallest absolute Gasteiger partial charge is 0.243 e. The van der Waals surface area contributed by atoms with Gasteiger partial charge in [0.2, 0.25) is 5.91 Å². The minimum atomic E-state index is -1.66. The summed E-state index contributed by atoms with van der Waals surface area (Å²) in [5, 5.41) is 8.03.